The van der Waals surface area contributed by atoms with Crippen molar-refractivity contribution in [2.75, 3.05) is 11.9 Å². The zero-order valence-electron chi connectivity index (χ0n) is 12.6. The second-order valence-electron chi connectivity index (χ2n) is 5.43. The van der Waals surface area contributed by atoms with E-state index in [1.165, 1.54) is 13.8 Å². The van der Waals surface area contributed by atoms with E-state index in [-0.39, 0.29) is 5.89 Å². The Hall–Kier alpha value is -1.76. The first-order chi connectivity index (χ1) is 10.4. The molecule has 0 radical (unpaired) electrons. The molecule has 0 aliphatic rings. The summed E-state index contributed by atoms with van der Waals surface area (Å²) in [6.45, 7) is 3.55. The fourth-order valence-electron chi connectivity index (χ4n) is 1.80. The Bertz CT molecular complexity index is 599. The van der Waals surface area contributed by atoms with Gasteiger partial charge in [-0.15, -0.1) is 0 Å². The third kappa shape index (κ3) is 5.22. The second kappa shape index (κ2) is 7.49. The summed E-state index contributed by atoms with van der Waals surface area (Å²) in [6.07, 6.45) is 5.13. The quantitative estimate of drug-likeness (QED) is 0.590. The van der Waals surface area contributed by atoms with E-state index in [2.05, 4.69) is 25.4 Å². The minimum Gasteiger partial charge on any atom is -0.354 e. The summed E-state index contributed by atoms with van der Waals surface area (Å²) in [4.78, 5) is 12.1. The summed E-state index contributed by atoms with van der Waals surface area (Å²) in [7, 11) is 0. The summed E-state index contributed by atoms with van der Waals surface area (Å²) >= 11 is 5.77. The number of rotatable bonds is 8. The Labute approximate surface area is 133 Å². The molecular weight excluding hydrogens is 309 g/mol. The largest absolute Gasteiger partial charge is 0.354 e. The molecule has 0 saturated carbocycles. The van der Waals surface area contributed by atoms with Crippen molar-refractivity contribution in [2.24, 2.45) is 0 Å². The molecule has 0 aliphatic carbocycles. The Kier molecular flexibility index (Phi) is 5.65. The number of anilines is 1. The van der Waals surface area contributed by atoms with Crippen LogP contribution in [0.15, 0.2) is 16.8 Å². The topological polar surface area (TPSA) is 76.7 Å². The molecule has 2 rings (SSSR count). The molecule has 0 saturated heterocycles. The third-order valence-electron chi connectivity index (χ3n) is 2.96. The maximum Gasteiger partial charge on any atom is 0.263 e. The van der Waals surface area contributed by atoms with E-state index in [1.54, 1.807) is 12.3 Å². The van der Waals surface area contributed by atoms with Crippen molar-refractivity contribution >= 4 is 17.5 Å². The average molecular weight is 328 g/mol. The van der Waals surface area contributed by atoms with Gasteiger partial charge in [0.25, 0.3) is 5.89 Å². The van der Waals surface area contributed by atoms with Crippen LogP contribution in [0.2, 0.25) is 5.15 Å². The molecule has 0 bridgehead atoms. The Balaban J connectivity index is 1.62. The van der Waals surface area contributed by atoms with E-state index in [0.717, 1.165) is 25.8 Å². The molecular formula is C14H19ClFN5O. The zero-order valence-corrected chi connectivity index (χ0v) is 13.4. The number of nitrogens with one attached hydrogen (secondary N) is 1. The fourth-order valence-corrected chi connectivity index (χ4v) is 1.94. The molecule has 0 aliphatic heterocycles. The second-order valence-corrected chi connectivity index (χ2v) is 5.82. The third-order valence-corrected chi connectivity index (χ3v) is 3.17. The Morgan fingerprint density at radius 3 is 2.77 bits per heavy atom. The molecule has 0 spiro atoms. The van der Waals surface area contributed by atoms with Crippen molar-refractivity contribution in [2.45, 2.75) is 45.2 Å². The molecule has 6 nitrogen and oxygen atoms in total. The van der Waals surface area contributed by atoms with Crippen molar-refractivity contribution in [3.05, 3.63) is 29.1 Å². The molecule has 0 fully saturated rings. The minimum absolute atomic E-state index is 0.0299. The van der Waals surface area contributed by atoms with Gasteiger partial charge >= 0.3 is 0 Å². The maximum absolute atomic E-state index is 13.6. The number of halogens is 2. The van der Waals surface area contributed by atoms with E-state index in [4.69, 9.17) is 16.1 Å². The van der Waals surface area contributed by atoms with Crippen molar-refractivity contribution in [3.8, 4) is 0 Å². The van der Waals surface area contributed by atoms with Gasteiger partial charge in [-0.2, -0.15) is 4.98 Å². The van der Waals surface area contributed by atoms with Crippen LogP contribution in [0.4, 0.5) is 10.3 Å². The van der Waals surface area contributed by atoms with Gasteiger partial charge in [0, 0.05) is 19.2 Å². The van der Waals surface area contributed by atoms with Gasteiger partial charge in [0.05, 0.1) is 0 Å². The fraction of sp³-hybridized carbons (Fsp3) is 0.571. The van der Waals surface area contributed by atoms with Gasteiger partial charge in [0.2, 0.25) is 5.95 Å². The summed E-state index contributed by atoms with van der Waals surface area (Å²) in [5, 5.41) is 7.30. The lowest BCUT2D eigenvalue weighted by molar-refractivity contribution is 0.155. The number of alkyl halides is 1. The molecule has 0 atom stereocenters. The smallest absolute Gasteiger partial charge is 0.263 e. The van der Waals surface area contributed by atoms with Crippen LogP contribution < -0.4 is 5.32 Å². The molecule has 2 heterocycles. The lowest BCUT2D eigenvalue weighted by Gasteiger charge is -2.05. The highest BCUT2D eigenvalue weighted by molar-refractivity contribution is 6.29. The molecule has 0 amide bonds. The van der Waals surface area contributed by atoms with Gasteiger partial charge in [-0.05, 0) is 32.8 Å². The first-order valence-electron chi connectivity index (χ1n) is 7.19. The molecule has 0 unspecified atom stereocenters. The van der Waals surface area contributed by atoms with E-state index in [9.17, 15) is 4.39 Å². The maximum atomic E-state index is 13.6. The number of hydrogen-bond donors (Lipinski definition) is 1. The van der Waals surface area contributed by atoms with Crippen LogP contribution >= 0.6 is 11.6 Å². The molecule has 120 valence electrons. The van der Waals surface area contributed by atoms with Crippen LogP contribution in [-0.2, 0) is 12.1 Å². The van der Waals surface area contributed by atoms with Crippen molar-refractivity contribution in [1.82, 2.24) is 20.1 Å². The highest BCUT2D eigenvalue weighted by Gasteiger charge is 2.26. The first-order valence-corrected chi connectivity index (χ1v) is 7.57. The number of unbranched alkanes of at least 4 members (excludes halogenated alkanes) is 2. The number of aryl methyl sites for hydroxylation is 1. The van der Waals surface area contributed by atoms with Crippen LogP contribution in [0.5, 0.6) is 0 Å². The van der Waals surface area contributed by atoms with E-state index < -0.39 is 5.67 Å². The van der Waals surface area contributed by atoms with Crippen LogP contribution in [-0.4, -0.2) is 26.7 Å². The molecule has 8 heteroatoms. The van der Waals surface area contributed by atoms with Gasteiger partial charge in [-0.3, -0.25) is 0 Å². The normalized spacial score (nSPS) is 11.6. The molecule has 22 heavy (non-hydrogen) atoms. The highest BCUT2D eigenvalue weighted by atomic mass is 35.5. The van der Waals surface area contributed by atoms with E-state index >= 15 is 0 Å². The summed E-state index contributed by atoms with van der Waals surface area (Å²) in [6, 6.07) is 1.63. The summed E-state index contributed by atoms with van der Waals surface area (Å²) < 4.78 is 18.5. The Morgan fingerprint density at radius 1 is 1.27 bits per heavy atom. The summed E-state index contributed by atoms with van der Waals surface area (Å²) in [5.74, 6) is 1.11. The van der Waals surface area contributed by atoms with Crippen LogP contribution in [0, 0.1) is 0 Å². The molecule has 2 aromatic rings. The van der Waals surface area contributed by atoms with E-state index in [1.807, 2.05) is 0 Å². The number of hydrogen-bond acceptors (Lipinski definition) is 6. The predicted octanol–water partition coefficient (Wildman–Crippen LogP) is 3.54. The van der Waals surface area contributed by atoms with Gasteiger partial charge in [0.15, 0.2) is 11.5 Å². The molecule has 1 N–H and O–H groups in total. The molecule has 0 aromatic carbocycles. The van der Waals surface area contributed by atoms with Gasteiger partial charge < -0.3 is 9.84 Å². The van der Waals surface area contributed by atoms with Gasteiger partial charge in [-0.1, -0.05) is 23.2 Å². The number of aromatic nitrogens is 4. The lowest BCUT2D eigenvalue weighted by Crippen LogP contribution is -2.09. The lowest BCUT2D eigenvalue weighted by atomic mass is 10.1. The zero-order chi connectivity index (χ0) is 16.0. The Morgan fingerprint density at radius 2 is 2.09 bits per heavy atom. The van der Waals surface area contributed by atoms with Crippen LogP contribution in [0.3, 0.4) is 0 Å². The predicted molar refractivity (Wildman–Crippen MR) is 81.5 cm³/mol. The monoisotopic (exact) mass is 327 g/mol. The van der Waals surface area contributed by atoms with Crippen molar-refractivity contribution in [3.63, 3.8) is 0 Å². The SMILES string of the molecule is CC(C)(F)c1nc(CCCCCNc2nccc(Cl)n2)no1. The van der Waals surface area contributed by atoms with Gasteiger partial charge in [-0.25, -0.2) is 14.4 Å². The van der Waals surface area contributed by atoms with Gasteiger partial charge in [0.1, 0.15) is 5.15 Å². The molecule has 2 aromatic heterocycles. The highest BCUT2D eigenvalue weighted by Crippen LogP contribution is 2.22. The van der Waals surface area contributed by atoms with Crippen LogP contribution in [0.1, 0.15) is 44.8 Å². The minimum atomic E-state index is -1.59. The van der Waals surface area contributed by atoms with Crippen molar-refractivity contribution < 1.29 is 8.91 Å². The summed E-state index contributed by atoms with van der Waals surface area (Å²) in [5.41, 5.74) is -1.59. The van der Waals surface area contributed by atoms with E-state index in [0.29, 0.717) is 23.3 Å². The first kappa shape index (κ1) is 16.6. The van der Waals surface area contributed by atoms with Crippen LogP contribution in [0.25, 0.3) is 0 Å². The number of nitrogens with zero attached hydrogens (tertiary/aromatic N) is 4. The van der Waals surface area contributed by atoms with Crippen molar-refractivity contribution in [1.29, 1.82) is 0 Å². The standard InChI is InChI=1S/C14H19ClFN5O/c1-14(2,16)12-20-11(21-22-12)6-4-3-5-8-17-13-18-9-7-10(15)19-13/h7,9H,3-6,8H2,1-2H3,(H,17,18,19). The average Bonchev–Trinajstić information content (AvgIpc) is 2.91.